The van der Waals surface area contributed by atoms with Gasteiger partial charge in [0.25, 0.3) is 0 Å². The van der Waals surface area contributed by atoms with E-state index in [2.05, 4.69) is 5.32 Å². The zero-order valence-corrected chi connectivity index (χ0v) is 17.5. The van der Waals surface area contributed by atoms with Crippen molar-refractivity contribution in [2.45, 2.75) is 39.7 Å². The second-order valence-corrected chi connectivity index (χ2v) is 6.97. The molecule has 0 aromatic heterocycles. The quantitative estimate of drug-likeness (QED) is 0.492. The average molecular weight is 415 g/mol. The summed E-state index contributed by atoms with van der Waals surface area (Å²) in [7, 11) is 0. The number of aliphatic carboxylic acids is 2. The van der Waals surface area contributed by atoms with Crippen LogP contribution in [0.5, 0.6) is 0 Å². The summed E-state index contributed by atoms with van der Waals surface area (Å²) < 4.78 is 0. The largest absolute Gasteiger partial charge is 0.481 e. The van der Waals surface area contributed by atoms with Crippen LogP contribution in [0.3, 0.4) is 0 Å². The van der Waals surface area contributed by atoms with Crippen LogP contribution in [0.25, 0.3) is 11.1 Å². The van der Waals surface area contributed by atoms with Crippen molar-refractivity contribution in [3.05, 3.63) is 60.2 Å². The van der Waals surface area contributed by atoms with E-state index in [1.807, 2.05) is 68.4 Å². The van der Waals surface area contributed by atoms with Gasteiger partial charge in [-0.1, -0.05) is 68.4 Å². The normalized spacial score (nSPS) is 13.2. The van der Waals surface area contributed by atoms with Gasteiger partial charge in [0.15, 0.2) is 0 Å². The van der Waals surface area contributed by atoms with Gasteiger partial charge in [0.1, 0.15) is 0 Å². The van der Waals surface area contributed by atoms with E-state index in [4.69, 9.17) is 5.11 Å². The molecule has 7 heteroatoms. The molecule has 0 radical (unpaired) electrons. The lowest BCUT2D eigenvalue weighted by molar-refractivity contribution is -0.152. The van der Waals surface area contributed by atoms with Gasteiger partial charge in [0.2, 0.25) is 0 Å². The number of aliphatic hydroxyl groups is 1. The highest BCUT2D eigenvalue weighted by molar-refractivity contribution is 6.31. The lowest BCUT2D eigenvalue weighted by atomic mass is 9.82. The lowest BCUT2D eigenvalue weighted by Crippen LogP contribution is -2.46. The van der Waals surface area contributed by atoms with Crippen molar-refractivity contribution in [1.29, 1.82) is 0 Å². The molecule has 4 N–H and O–H groups in total. The van der Waals surface area contributed by atoms with Crippen molar-refractivity contribution in [3.8, 4) is 11.1 Å². The molecule has 2 aromatic rings. The van der Waals surface area contributed by atoms with Crippen molar-refractivity contribution in [1.82, 2.24) is 5.32 Å². The smallest absolute Gasteiger partial charge is 0.394 e. The van der Waals surface area contributed by atoms with Gasteiger partial charge in [-0.2, -0.15) is 0 Å². The summed E-state index contributed by atoms with van der Waals surface area (Å²) in [5.74, 6) is -4.08. The number of rotatable bonds is 8. The summed E-state index contributed by atoms with van der Waals surface area (Å²) in [6.07, 6.45) is 0.120. The van der Waals surface area contributed by atoms with Crippen LogP contribution in [0.2, 0.25) is 0 Å². The molecular formula is C23H29NO6. The highest BCUT2D eigenvalue weighted by Crippen LogP contribution is 2.25. The highest BCUT2D eigenvalue weighted by Gasteiger charge is 2.36. The molecule has 7 nitrogen and oxygen atoms in total. The SMILES string of the molecule is CC.C[C@@](CO)(C[C@@H](Cc1ccc(-c2ccccc2)cc1)NC(=O)C(=O)O)C(=O)O. The first-order chi connectivity index (χ1) is 14.2. The predicted octanol–water partition coefficient (Wildman–Crippen LogP) is 2.96. The number of carbonyl (C=O) groups excluding carboxylic acids is 1. The number of hydrogen-bond acceptors (Lipinski definition) is 4. The molecule has 2 atom stereocenters. The molecule has 30 heavy (non-hydrogen) atoms. The predicted molar refractivity (Wildman–Crippen MR) is 114 cm³/mol. The van der Waals surface area contributed by atoms with E-state index in [1.54, 1.807) is 0 Å². The van der Waals surface area contributed by atoms with Gasteiger partial charge < -0.3 is 20.6 Å². The number of carboxylic acids is 2. The lowest BCUT2D eigenvalue weighted by Gasteiger charge is -2.28. The van der Waals surface area contributed by atoms with Crippen LogP contribution >= 0.6 is 0 Å². The number of benzene rings is 2. The molecule has 0 saturated carbocycles. The summed E-state index contributed by atoms with van der Waals surface area (Å²) in [6, 6.07) is 16.5. The Hall–Kier alpha value is -3.19. The molecule has 0 bridgehead atoms. The summed E-state index contributed by atoms with van der Waals surface area (Å²) in [5, 5.41) is 30.0. The van der Waals surface area contributed by atoms with Gasteiger partial charge >= 0.3 is 17.8 Å². The maximum atomic E-state index is 11.6. The number of aliphatic hydroxyl groups excluding tert-OH is 1. The monoisotopic (exact) mass is 415 g/mol. The maximum absolute atomic E-state index is 11.6. The third-order valence-corrected chi connectivity index (χ3v) is 4.63. The Morgan fingerprint density at radius 2 is 1.47 bits per heavy atom. The van der Waals surface area contributed by atoms with Crippen LogP contribution in [-0.4, -0.2) is 45.8 Å². The van der Waals surface area contributed by atoms with Crippen molar-refractivity contribution in [3.63, 3.8) is 0 Å². The molecule has 0 saturated heterocycles. The van der Waals surface area contributed by atoms with Crippen LogP contribution < -0.4 is 5.32 Å². The van der Waals surface area contributed by atoms with Gasteiger partial charge in [0, 0.05) is 6.04 Å². The first kappa shape index (κ1) is 24.8. The second kappa shape index (κ2) is 11.7. The van der Waals surface area contributed by atoms with Gasteiger partial charge in [-0.3, -0.25) is 9.59 Å². The van der Waals surface area contributed by atoms with Crippen LogP contribution in [0.15, 0.2) is 54.6 Å². The molecular weight excluding hydrogens is 386 g/mol. The van der Waals surface area contributed by atoms with Gasteiger partial charge in [-0.15, -0.1) is 0 Å². The van der Waals surface area contributed by atoms with E-state index in [1.165, 1.54) is 6.92 Å². The molecule has 0 heterocycles. The van der Waals surface area contributed by atoms with E-state index in [9.17, 15) is 24.6 Å². The summed E-state index contributed by atoms with van der Waals surface area (Å²) >= 11 is 0. The standard InChI is InChI=1S/C21H23NO6.C2H6/c1-21(13-23,20(27)28)12-17(22-18(24)19(25)26)11-14-7-9-16(10-8-14)15-5-3-2-4-6-15;1-2/h2-10,17,23H,11-13H2,1H3,(H,22,24)(H,25,26)(H,27,28);1-2H3/t17-,21+;/m1./s1. The molecule has 162 valence electrons. The molecule has 1 amide bonds. The zero-order valence-electron chi connectivity index (χ0n) is 17.5. The average Bonchev–Trinajstić information content (AvgIpc) is 2.76. The first-order valence-corrected chi connectivity index (χ1v) is 9.77. The molecule has 2 aromatic carbocycles. The molecule has 0 unspecified atom stereocenters. The number of carboxylic acid groups (broad SMARTS) is 2. The molecule has 0 spiro atoms. The minimum Gasteiger partial charge on any atom is -0.481 e. The minimum absolute atomic E-state index is 0.113. The molecule has 0 aliphatic rings. The van der Waals surface area contributed by atoms with Crippen LogP contribution in [-0.2, 0) is 20.8 Å². The fraction of sp³-hybridized carbons (Fsp3) is 0.348. The zero-order chi connectivity index (χ0) is 22.7. The van der Waals surface area contributed by atoms with E-state index in [0.29, 0.717) is 0 Å². The Balaban J connectivity index is 0.00000218. The number of hydrogen-bond donors (Lipinski definition) is 4. The van der Waals surface area contributed by atoms with Crippen molar-refractivity contribution >= 4 is 17.8 Å². The molecule has 2 rings (SSSR count). The number of amides is 1. The Morgan fingerprint density at radius 3 is 1.93 bits per heavy atom. The topological polar surface area (TPSA) is 124 Å². The van der Waals surface area contributed by atoms with Crippen molar-refractivity contribution in [2.24, 2.45) is 5.41 Å². The first-order valence-electron chi connectivity index (χ1n) is 9.77. The summed E-state index contributed by atoms with van der Waals surface area (Å²) in [5.41, 5.74) is 1.35. The fourth-order valence-electron chi connectivity index (χ4n) is 2.93. The Kier molecular flexibility index (Phi) is 9.71. The molecule has 0 aliphatic carbocycles. The van der Waals surface area contributed by atoms with E-state index >= 15 is 0 Å². The number of carbonyl (C=O) groups is 3. The molecule has 0 aliphatic heterocycles. The minimum atomic E-state index is -1.65. The van der Waals surface area contributed by atoms with Gasteiger partial charge in [-0.25, -0.2) is 4.79 Å². The van der Waals surface area contributed by atoms with E-state index in [-0.39, 0.29) is 12.8 Å². The third-order valence-electron chi connectivity index (χ3n) is 4.63. The van der Waals surface area contributed by atoms with Crippen LogP contribution in [0.4, 0.5) is 0 Å². The second-order valence-electron chi connectivity index (χ2n) is 6.97. The Morgan fingerprint density at radius 1 is 0.933 bits per heavy atom. The van der Waals surface area contributed by atoms with Crippen LogP contribution in [0, 0.1) is 5.41 Å². The van der Waals surface area contributed by atoms with Crippen molar-refractivity contribution < 1.29 is 29.7 Å². The van der Waals surface area contributed by atoms with E-state index in [0.717, 1.165) is 16.7 Å². The third kappa shape index (κ3) is 7.00. The van der Waals surface area contributed by atoms with Crippen molar-refractivity contribution in [2.75, 3.05) is 6.61 Å². The summed E-state index contributed by atoms with van der Waals surface area (Å²) in [6.45, 7) is 4.72. The fourth-order valence-corrected chi connectivity index (χ4v) is 2.93. The van der Waals surface area contributed by atoms with Gasteiger partial charge in [-0.05, 0) is 36.5 Å². The molecule has 0 fully saturated rings. The highest BCUT2D eigenvalue weighted by atomic mass is 16.4. The number of nitrogens with one attached hydrogen (secondary N) is 1. The summed E-state index contributed by atoms with van der Waals surface area (Å²) in [4.78, 5) is 34.0. The maximum Gasteiger partial charge on any atom is 0.394 e. The van der Waals surface area contributed by atoms with Crippen LogP contribution in [0.1, 0.15) is 32.8 Å². The van der Waals surface area contributed by atoms with E-state index < -0.39 is 35.9 Å². The Bertz CT molecular complexity index is 835. The Labute approximate surface area is 176 Å². The van der Waals surface area contributed by atoms with Gasteiger partial charge in [0.05, 0.1) is 12.0 Å².